The third-order valence-corrected chi connectivity index (χ3v) is 5.07. The maximum Gasteiger partial charge on any atom is 0.291 e. The molecule has 5 nitrogen and oxygen atoms in total. The van der Waals surface area contributed by atoms with Gasteiger partial charge in [0, 0.05) is 10.6 Å². The number of hydrogen-bond donors (Lipinski definition) is 2. The molecule has 0 aliphatic heterocycles. The Morgan fingerprint density at radius 2 is 1.85 bits per heavy atom. The SMILES string of the molecule is CC(Sc1cccc(NC(=O)c2ccco2)c1)C(=O)Nc1ccccc1Cl. The number of nitrogens with one attached hydrogen (secondary N) is 2. The van der Waals surface area contributed by atoms with Crippen LogP contribution >= 0.6 is 23.4 Å². The molecule has 3 rings (SSSR count). The molecule has 0 radical (unpaired) electrons. The normalized spacial score (nSPS) is 11.6. The third kappa shape index (κ3) is 5.15. The minimum atomic E-state index is -0.350. The lowest BCUT2D eigenvalue weighted by Crippen LogP contribution is -2.22. The average molecular weight is 401 g/mol. The molecule has 0 bridgehead atoms. The number of rotatable bonds is 6. The molecule has 0 saturated carbocycles. The standard InChI is InChI=1S/C20H17ClN2O3S/c1-13(19(24)23-17-9-3-2-8-16(17)21)27-15-7-4-6-14(12-15)22-20(25)18-10-5-11-26-18/h2-13H,1H3,(H,22,25)(H,23,24). The van der Waals surface area contributed by atoms with Crippen molar-refractivity contribution >= 4 is 46.6 Å². The van der Waals surface area contributed by atoms with Crippen LogP contribution in [-0.2, 0) is 4.79 Å². The minimum absolute atomic E-state index is 0.155. The van der Waals surface area contributed by atoms with Gasteiger partial charge >= 0.3 is 0 Å². The van der Waals surface area contributed by atoms with E-state index in [4.69, 9.17) is 16.0 Å². The first-order valence-corrected chi connectivity index (χ1v) is 9.45. The number of furan rings is 1. The molecule has 1 unspecified atom stereocenters. The summed E-state index contributed by atoms with van der Waals surface area (Å²) in [6, 6.07) is 17.6. The highest BCUT2D eigenvalue weighted by molar-refractivity contribution is 8.00. The van der Waals surface area contributed by atoms with Crippen LogP contribution in [-0.4, -0.2) is 17.1 Å². The molecular weight excluding hydrogens is 384 g/mol. The number of anilines is 2. The van der Waals surface area contributed by atoms with Crippen molar-refractivity contribution in [3.8, 4) is 0 Å². The quantitative estimate of drug-likeness (QED) is 0.550. The van der Waals surface area contributed by atoms with Crippen LogP contribution in [0.25, 0.3) is 0 Å². The second-order valence-electron chi connectivity index (χ2n) is 5.69. The first-order valence-electron chi connectivity index (χ1n) is 8.20. The van der Waals surface area contributed by atoms with Crippen molar-refractivity contribution in [2.24, 2.45) is 0 Å². The summed E-state index contributed by atoms with van der Waals surface area (Å²) in [5.74, 6) is -0.245. The molecule has 0 aliphatic carbocycles. The van der Waals surface area contributed by atoms with Crippen LogP contribution in [0.1, 0.15) is 17.5 Å². The summed E-state index contributed by atoms with van der Waals surface area (Å²) in [6.07, 6.45) is 1.44. The number of benzene rings is 2. The van der Waals surface area contributed by atoms with Gasteiger partial charge in [0.05, 0.1) is 22.2 Å². The number of hydrogen-bond acceptors (Lipinski definition) is 4. The number of carbonyl (C=O) groups is 2. The predicted molar refractivity (Wildman–Crippen MR) is 109 cm³/mol. The number of carbonyl (C=O) groups excluding carboxylic acids is 2. The van der Waals surface area contributed by atoms with Gasteiger partial charge in [-0.05, 0) is 49.4 Å². The molecule has 3 aromatic rings. The van der Waals surface area contributed by atoms with E-state index in [-0.39, 0.29) is 22.8 Å². The Kier molecular flexibility index (Phi) is 6.21. The molecule has 138 valence electrons. The van der Waals surface area contributed by atoms with Crippen molar-refractivity contribution in [2.75, 3.05) is 10.6 Å². The highest BCUT2D eigenvalue weighted by Gasteiger charge is 2.16. The Morgan fingerprint density at radius 3 is 2.59 bits per heavy atom. The van der Waals surface area contributed by atoms with Gasteiger partial charge in [-0.25, -0.2) is 0 Å². The van der Waals surface area contributed by atoms with Crippen LogP contribution in [0.2, 0.25) is 5.02 Å². The molecule has 1 aromatic heterocycles. The van der Waals surface area contributed by atoms with Crippen LogP contribution in [0, 0.1) is 0 Å². The molecule has 2 N–H and O–H groups in total. The van der Waals surface area contributed by atoms with Gasteiger partial charge in [-0.3, -0.25) is 9.59 Å². The Morgan fingerprint density at radius 1 is 1.04 bits per heavy atom. The number of para-hydroxylation sites is 1. The van der Waals surface area contributed by atoms with E-state index < -0.39 is 0 Å². The van der Waals surface area contributed by atoms with E-state index in [2.05, 4.69) is 10.6 Å². The molecule has 1 atom stereocenters. The first kappa shape index (κ1) is 19.1. The fourth-order valence-electron chi connectivity index (χ4n) is 2.30. The molecule has 0 aliphatic rings. The van der Waals surface area contributed by atoms with Gasteiger partial charge in [0.2, 0.25) is 5.91 Å². The summed E-state index contributed by atoms with van der Waals surface area (Å²) in [6.45, 7) is 1.81. The molecule has 7 heteroatoms. The molecule has 2 aromatic carbocycles. The van der Waals surface area contributed by atoms with Gasteiger partial charge < -0.3 is 15.1 Å². The summed E-state index contributed by atoms with van der Waals surface area (Å²) in [5.41, 5.74) is 1.20. The zero-order chi connectivity index (χ0) is 19.2. The predicted octanol–water partition coefficient (Wildman–Crippen LogP) is 5.30. The molecule has 0 saturated heterocycles. The number of amides is 2. The van der Waals surface area contributed by atoms with Gasteiger partial charge in [-0.2, -0.15) is 0 Å². The zero-order valence-corrected chi connectivity index (χ0v) is 16.0. The second-order valence-corrected chi connectivity index (χ2v) is 7.51. The number of thioether (sulfide) groups is 1. The molecular formula is C20H17ClN2O3S. The van der Waals surface area contributed by atoms with Crippen molar-refractivity contribution in [1.82, 2.24) is 0 Å². The van der Waals surface area contributed by atoms with Crippen molar-refractivity contribution in [3.05, 3.63) is 77.7 Å². The smallest absolute Gasteiger partial charge is 0.291 e. The van der Waals surface area contributed by atoms with Gasteiger partial charge in [0.1, 0.15) is 0 Å². The highest BCUT2D eigenvalue weighted by Crippen LogP contribution is 2.28. The lowest BCUT2D eigenvalue weighted by molar-refractivity contribution is -0.115. The molecule has 1 heterocycles. The van der Waals surface area contributed by atoms with E-state index in [9.17, 15) is 9.59 Å². The zero-order valence-electron chi connectivity index (χ0n) is 14.4. The monoisotopic (exact) mass is 400 g/mol. The van der Waals surface area contributed by atoms with Crippen LogP contribution in [0.4, 0.5) is 11.4 Å². The Bertz CT molecular complexity index is 944. The van der Waals surface area contributed by atoms with Crippen LogP contribution in [0.3, 0.4) is 0 Å². The summed E-state index contributed by atoms with van der Waals surface area (Å²) in [4.78, 5) is 25.3. The van der Waals surface area contributed by atoms with E-state index >= 15 is 0 Å². The van der Waals surface area contributed by atoms with Crippen molar-refractivity contribution in [2.45, 2.75) is 17.1 Å². The van der Waals surface area contributed by atoms with E-state index in [1.807, 2.05) is 31.2 Å². The largest absolute Gasteiger partial charge is 0.459 e. The van der Waals surface area contributed by atoms with Crippen molar-refractivity contribution < 1.29 is 14.0 Å². The summed E-state index contributed by atoms with van der Waals surface area (Å²) < 4.78 is 5.08. The molecule has 27 heavy (non-hydrogen) atoms. The van der Waals surface area contributed by atoms with Crippen LogP contribution in [0.5, 0.6) is 0 Å². The van der Waals surface area contributed by atoms with Gasteiger partial charge in [-0.1, -0.05) is 29.8 Å². The maximum atomic E-state index is 12.4. The Balaban J connectivity index is 1.62. The molecule has 2 amide bonds. The molecule has 0 spiro atoms. The summed E-state index contributed by atoms with van der Waals surface area (Å²) in [5, 5.41) is 5.73. The van der Waals surface area contributed by atoms with E-state index in [1.54, 1.807) is 36.4 Å². The molecule has 0 fully saturated rings. The summed E-state index contributed by atoms with van der Waals surface area (Å²) >= 11 is 7.46. The van der Waals surface area contributed by atoms with E-state index in [0.717, 1.165) is 4.90 Å². The van der Waals surface area contributed by atoms with Crippen molar-refractivity contribution in [3.63, 3.8) is 0 Å². The average Bonchev–Trinajstić information content (AvgIpc) is 3.19. The van der Waals surface area contributed by atoms with Crippen LogP contribution < -0.4 is 10.6 Å². The lowest BCUT2D eigenvalue weighted by atomic mass is 10.3. The van der Waals surface area contributed by atoms with E-state index in [1.165, 1.54) is 18.0 Å². The highest BCUT2D eigenvalue weighted by atomic mass is 35.5. The minimum Gasteiger partial charge on any atom is -0.459 e. The fraction of sp³-hybridized carbons (Fsp3) is 0.100. The van der Waals surface area contributed by atoms with Gasteiger partial charge in [-0.15, -0.1) is 11.8 Å². The number of halogens is 1. The Hall–Kier alpha value is -2.70. The maximum absolute atomic E-state index is 12.4. The lowest BCUT2D eigenvalue weighted by Gasteiger charge is -2.13. The van der Waals surface area contributed by atoms with Crippen LogP contribution in [0.15, 0.2) is 76.2 Å². The fourth-order valence-corrected chi connectivity index (χ4v) is 3.41. The Labute approximate surface area is 166 Å². The van der Waals surface area contributed by atoms with E-state index in [0.29, 0.717) is 16.4 Å². The third-order valence-electron chi connectivity index (χ3n) is 3.65. The second kappa shape index (κ2) is 8.79. The summed E-state index contributed by atoms with van der Waals surface area (Å²) in [7, 11) is 0. The van der Waals surface area contributed by atoms with Gasteiger partial charge in [0.25, 0.3) is 5.91 Å². The first-order chi connectivity index (χ1) is 13.0. The van der Waals surface area contributed by atoms with Crippen molar-refractivity contribution in [1.29, 1.82) is 0 Å². The topological polar surface area (TPSA) is 71.3 Å². The van der Waals surface area contributed by atoms with Gasteiger partial charge in [0.15, 0.2) is 5.76 Å².